The molecule has 0 rings (SSSR count). The molecular formula is C11H26ClN. The van der Waals surface area contributed by atoms with Crippen LogP contribution in [0.1, 0.15) is 52.9 Å². The van der Waals surface area contributed by atoms with Gasteiger partial charge in [0.1, 0.15) is 0 Å². The Balaban J connectivity index is -0.000000500. The highest BCUT2D eigenvalue weighted by atomic mass is 35.5. The van der Waals surface area contributed by atoms with Crippen molar-refractivity contribution in [3.63, 3.8) is 0 Å². The van der Waals surface area contributed by atoms with Crippen LogP contribution >= 0.6 is 12.4 Å². The van der Waals surface area contributed by atoms with Gasteiger partial charge in [-0.1, -0.05) is 45.8 Å². The highest BCUT2D eigenvalue weighted by Gasteiger charge is 1.99. The van der Waals surface area contributed by atoms with E-state index in [0.717, 1.165) is 5.92 Å². The lowest BCUT2D eigenvalue weighted by Crippen LogP contribution is -1.94. The maximum Gasteiger partial charge on any atom is -0.0234 e. The minimum absolute atomic E-state index is 0. The average Bonchev–Trinajstić information content (AvgIpc) is 2.01. The topological polar surface area (TPSA) is 35.0 Å². The summed E-state index contributed by atoms with van der Waals surface area (Å²) in [6, 6.07) is 0. The van der Waals surface area contributed by atoms with E-state index in [-0.39, 0.29) is 18.6 Å². The third kappa shape index (κ3) is 12.0. The van der Waals surface area contributed by atoms with E-state index in [1.165, 1.54) is 32.1 Å². The first kappa shape index (κ1) is 18.7. The van der Waals surface area contributed by atoms with Crippen LogP contribution < -0.4 is 6.15 Å². The van der Waals surface area contributed by atoms with Crippen LogP contribution in [0.4, 0.5) is 0 Å². The standard InChI is InChI=1S/C11H22.ClH.H3N/c1-4-7-10-11(8-5-2)9-6-3;;/h7,10-11H,4-6,8-9H2,1-3H3;1H;1H3. The molecule has 0 fully saturated rings. The molecule has 0 aliphatic heterocycles. The molecule has 0 atom stereocenters. The Labute approximate surface area is 90.0 Å². The molecule has 0 spiro atoms. The molecule has 82 valence electrons. The van der Waals surface area contributed by atoms with Gasteiger partial charge in [0.2, 0.25) is 0 Å². The van der Waals surface area contributed by atoms with Crippen LogP contribution in [0.15, 0.2) is 12.2 Å². The number of hydrogen-bond donors (Lipinski definition) is 1. The first-order chi connectivity index (χ1) is 5.35. The maximum atomic E-state index is 2.40. The van der Waals surface area contributed by atoms with Gasteiger partial charge in [-0.2, -0.15) is 0 Å². The Morgan fingerprint density at radius 2 is 1.46 bits per heavy atom. The molecule has 0 radical (unpaired) electrons. The Hall–Kier alpha value is -0.0100. The number of halogens is 1. The lowest BCUT2D eigenvalue weighted by atomic mass is 9.98. The molecule has 0 heterocycles. The van der Waals surface area contributed by atoms with Crippen LogP contribution in [0.5, 0.6) is 0 Å². The lowest BCUT2D eigenvalue weighted by molar-refractivity contribution is 0.528. The van der Waals surface area contributed by atoms with E-state index in [1.54, 1.807) is 0 Å². The SMILES string of the molecule is CCC=CC(CCC)CCC.Cl.N. The van der Waals surface area contributed by atoms with Gasteiger partial charge < -0.3 is 6.15 Å². The predicted molar refractivity (Wildman–Crippen MR) is 65.0 cm³/mol. The monoisotopic (exact) mass is 207 g/mol. The summed E-state index contributed by atoms with van der Waals surface area (Å²) in [6.45, 7) is 6.73. The van der Waals surface area contributed by atoms with Crippen molar-refractivity contribution in [1.82, 2.24) is 6.15 Å². The summed E-state index contributed by atoms with van der Waals surface area (Å²) in [5.74, 6) is 0.852. The van der Waals surface area contributed by atoms with Crippen LogP contribution in [0.2, 0.25) is 0 Å². The Kier molecular flexibility index (Phi) is 20.9. The van der Waals surface area contributed by atoms with Gasteiger partial charge in [-0.15, -0.1) is 12.4 Å². The summed E-state index contributed by atoms with van der Waals surface area (Å²) in [5.41, 5.74) is 0. The van der Waals surface area contributed by atoms with Crippen molar-refractivity contribution in [2.75, 3.05) is 0 Å². The molecule has 0 aliphatic carbocycles. The zero-order chi connectivity index (χ0) is 8.53. The maximum absolute atomic E-state index is 2.40. The molecule has 2 heteroatoms. The molecule has 0 bridgehead atoms. The third-order valence-corrected chi connectivity index (χ3v) is 1.96. The fourth-order valence-corrected chi connectivity index (χ4v) is 1.41. The van der Waals surface area contributed by atoms with Gasteiger partial charge in [0.25, 0.3) is 0 Å². The van der Waals surface area contributed by atoms with E-state index in [9.17, 15) is 0 Å². The molecule has 3 N–H and O–H groups in total. The highest BCUT2D eigenvalue weighted by Crippen LogP contribution is 2.14. The fourth-order valence-electron chi connectivity index (χ4n) is 1.41. The quantitative estimate of drug-likeness (QED) is 0.627. The number of hydrogen-bond acceptors (Lipinski definition) is 1. The Morgan fingerprint density at radius 3 is 1.77 bits per heavy atom. The first-order valence-electron chi connectivity index (χ1n) is 5.01. The zero-order valence-electron chi connectivity index (χ0n) is 9.38. The lowest BCUT2D eigenvalue weighted by Gasteiger charge is -2.08. The van der Waals surface area contributed by atoms with Gasteiger partial charge in [-0.05, 0) is 25.2 Å². The van der Waals surface area contributed by atoms with Gasteiger partial charge in [-0.25, -0.2) is 0 Å². The van der Waals surface area contributed by atoms with Crippen molar-refractivity contribution in [1.29, 1.82) is 0 Å². The van der Waals surface area contributed by atoms with Crippen LogP contribution in [0, 0.1) is 5.92 Å². The molecule has 1 nitrogen and oxygen atoms in total. The average molecular weight is 208 g/mol. The van der Waals surface area contributed by atoms with Crippen molar-refractivity contribution in [3.8, 4) is 0 Å². The smallest absolute Gasteiger partial charge is 0.0234 e. The second-order valence-corrected chi connectivity index (χ2v) is 3.17. The Bertz CT molecular complexity index is 96.3. The van der Waals surface area contributed by atoms with Crippen molar-refractivity contribution in [3.05, 3.63) is 12.2 Å². The Morgan fingerprint density at radius 1 is 1.00 bits per heavy atom. The fraction of sp³-hybridized carbons (Fsp3) is 0.818. The second-order valence-electron chi connectivity index (χ2n) is 3.17. The molecule has 0 amide bonds. The van der Waals surface area contributed by atoms with Crippen LogP contribution in [0.3, 0.4) is 0 Å². The minimum Gasteiger partial charge on any atom is -0.344 e. The minimum atomic E-state index is 0. The molecule has 13 heavy (non-hydrogen) atoms. The van der Waals surface area contributed by atoms with Crippen molar-refractivity contribution in [2.45, 2.75) is 52.9 Å². The summed E-state index contributed by atoms with van der Waals surface area (Å²) < 4.78 is 0. The van der Waals surface area contributed by atoms with Crippen molar-refractivity contribution >= 4 is 12.4 Å². The van der Waals surface area contributed by atoms with Gasteiger partial charge in [0.05, 0.1) is 0 Å². The molecular weight excluding hydrogens is 182 g/mol. The molecule has 0 saturated carbocycles. The van der Waals surface area contributed by atoms with E-state index in [4.69, 9.17) is 0 Å². The largest absolute Gasteiger partial charge is 0.344 e. The summed E-state index contributed by atoms with van der Waals surface area (Å²) in [6.07, 6.45) is 11.2. The summed E-state index contributed by atoms with van der Waals surface area (Å²) in [5, 5.41) is 0. The summed E-state index contributed by atoms with van der Waals surface area (Å²) >= 11 is 0. The molecule has 0 aliphatic rings. The zero-order valence-corrected chi connectivity index (χ0v) is 10.2. The van der Waals surface area contributed by atoms with Gasteiger partial charge in [0.15, 0.2) is 0 Å². The van der Waals surface area contributed by atoms with Gasteiger partial charge in [-0.3, -0.25) is 0 Å². The number of allylic oxidation sites excluding steroid dienone is 2. The van der Waals surface area contributed by atoms with Crippen LogP contribution in [-0.2, 0) is 0 Å². The molecule has 0 aromatic rings. The third-order valence-electron chi connectivity index (χ3n) is 1.96. The molecule has 0 saturated heterocycles. The van der Waals surface area contributed by atoms with Gasteiger partial charge in [0, 0.05) is 0 Å². The second kappa shape index (κ2) is 14.5. The normalized spacial score (nSPS) is 9.85. The first-order valence-corrected chi connectivity index (χ1v) is 5.01. The van der Waals surface area contributed by atoms with E-state index < -0.39 is 0 Å². The molecule has 0 aromatic heterocycles. The summed E-state index contributed by atoms with van der Waals surface area (Å²) in [4.78, 5) is 0. The van der Waals surface area contributed by atoms with E-state index in [1.807, 2.05) is 0 Å². The van der Waals surface area contributed by atoms with E-state index >= 15 is 0 Å². The van der Waals surface area contributed by atoms with Crippen LogP contribution in [0.25, 0.3) is 0 Å². The summed E-state index contributed by atoms with van der Waals surface area (Å²) in [7, 11) is 0. The van der Waals surface area contributed by atoms with E-state index in [0.29, 0.717) is 0 Å². The molecule has 0 unspecified atom stereocenters. The van der Waals surface area contributed by atoms with E-state index in [2.05, 4.69) is 32.9 Å². The van der Waals surface area contributed by atoms with Gasteiger partial charge >= 0.3 is 0 Å². The number of rotatable bonds is 6. The predicted octanol–water partition coefficient (Wildman–Crippen LogP) is 4.75. The highest BCUT2D eigenvalue weighted by molar-refractivity contribution is 5.85. The molecule has 0 aromatic carbocycles. The van der Waals surface area contributed by atoms with Crippen LogP contribution in [-0.4, -0.2) is 0 Å². The van der Waals surface area contributed by atoms with Crippen molar-refractivity contribution < 1.29 is 0 Å². The van der Waals surface area contributed by atoms with Crippen molar-refractivity contribution in [2.24, 2.45) is 5.92 Å².